The van der Waals surface area contributed by atoms with Gasteiger partial charge in [0.05, 0.1) is 17.0 Å². The molecule has 1 aromatic carbocycles. The Bertz CT molecular complexity index is 1010. The predicted molar refractivity (Wildman–Crippen MR) is 97.9 cm³/mol. The quantitative estimate of drug-likeness (QED) is 0.576. The lowest BCUT2D eigenvalue weighted by atomic mass is 10.1. The third-order valence-corrected chi connectivity index (χ3v) is 5.81. The van der Waals surface area contributed by atoms with E-state index >= 15 is 0 Å². The highest BCUT2D eigenvalue weighted by molar-refractivity contribution is 7.17. The number of benzene rings is 1. The summed E-state index contributed by atoms with van der Waals surface area (Å²) in [5.74, 6) is -0.826. The molecule has 4 aromatic rings. The van der Waals surface area contributed by atoms with Gasteiger partial charge in [0.1, 0.15) is 5.69 Å². The number of fused-ring (bicyclic) bond motifs is 1. The summed E-state index contributed by atoms with van der Waals surface area (Å²) in [7, 11) is 0. The monoisotopic (exact) mass is 354 g/mol. The molecule has 0 spiro atoms. The van der Waals surface area contributed by atoms with Crippen LogP contribution >= 0.6 is 22.7 Å². The number of nitrogens with zero attached hydrogens (tertiary/aromatic N) is 2. The summed E-state index contributed by atoms with van der Waals surface area (Å²) in [5.41, 5.74) is 3.96. The van der Waals surface area contributed by atoms with Crippen molar-refractivity contribution in [2.75, 3.05) is 0 Å². The topological polar surface area (TPSA) is 54.6 Å². The summed E-state index contributed by atoms with van der Waals surface area (Å²) in [6, 6.07) is 14.0. The normalized spacial score (nSPS) is 11.2. The standard InChI is InChI=1S/C18H14N2O2S2/c1-11-16(13-8-5-9-23-13)19-18-20(11)17(12-6-3-2-4-7-12)14(24-18)10-15(21)22/h2-9H,10H2,1H3,(H,21,22). The molecule has 0 bridgehead atoms. The Morgan fingerprint density at radius 1 is 1.21 bits per heavy atom. The lowest BCUT2D eigenvalue weighted by Gasteiger charge is -2.05. The number of thiazole rings is 1. The van der Waals surface area contributed by atoms with E-state index in [0.29, 0.717) is 0 Å². The van der Waals surface area contributed by atoms with Crippen LogP contribution in [-0.2, 0) is 11.2 Å². The van der Waals surface area contributed by atoms with E-state index in [9.17, 15) is 9.90 Å². The third kappa shape index (κ3) is 2.44. The summed E-state index contributed by atoms with van der Waals surface area (Å²) < 4.78 is 2.09. The fraction of sp³-hybridized carbons (Fsp3) is 0.111. The number of rotatable bonds is 4. The fourth-order valence-corrected chi connectivity index (χ4v) is 4.83. The average Bonchev–Trinajstić information content (AvgIpc) is 3.25. The molecule has 120 valence electrons. The molecule has 0 atom stereocenters. The van der Waals surface area contributed by atoms with Gasteiger partial charge in [0.25, 0.3) is 0 Å². The summed E-state index contributed by atoms with van der Waals surface area (Å²) in [5, 5.41) is 11.3. The number of carboxylic acids is 1. The highest BCUT2D eigenvalue weighted by Gasteiger charge is 2.22. The molecule has 0 aliphatic heterocycles. The van der Waals surface area contributed by atoms with Gasteiger partial charge < -0.3 is 5.11 Å². The van der Waals surface area contributed by atoms with Crippen molar-refractivity contribution in [1.29, 1.82) is 0 Å². The van der Waals surface area contributed by atoms with Crippen LogP contribution in [0.5, 0.6) is 0 Å². The Balaban J connectivity index is 2.00. The molecule has 6 heteroatoms. The molecule has 0 radical (unpaired) electrons. The van der Waals surface area contributed by atoms with E-state index in [0.717, 1.165) is 37.4 Å². The van der Waals surface area contributed by atoms with Crippen LogP contribution in [0.1, 0.15) is 10.6 Å². The van der Waals surface area contributed by atoms with Gasteiger partial charge in [-0.05, 0) is 23.9 Å². The first kappa shape index (κ1) is 15.1. The zero-order valence-corrected chi connectivity index (χ0v) is 14.5. The number of imidazole rings is 1. The number of hydrogen-bond acceptors (Lipinski definition) is 4. The largest absolute Gasteiger partial charge is 0.481 e. The lowest BCUT2D eigenvalue weighted by Crippen LogP contribution is -2.01. The summed E-state index contributed by atoms with van der Waals surface area (Å²) in [6.45, 7) is 2.04. The van der Waals surface area contributed by atoms with E-state index in [1.54, 1.807) is 11.3 Å². The Kier molecular flexibility index (Phi) is 3.70. The molecule has 3 aromatic heterocycles. The van der Waals surface area contributed by atoms with Gasteiger partial charge in [-0.3, -0.25) is 9.20 Å². The van der Waals surface area contributed by atoms with Gasteiger partial charge in [0, 0.05) is 10.6 Å². The van der Waals surface area contributed by atoms with Crippen molar-refractivity contribution in [3.63, 3.8) is 0 Å². The molecule has 4 rings (SSSR count). The van der Waals surface area contributed by atoms with E-state index in [1.807, 2.05) is 48.7 Å². The van der Waals surface area contributed by atoms with Gasteiger partial charge in [-0.25, -0.2) is 4.98 Å². The second-order valence-electron chi connectivity index (χ2n) is 5.45. The molecule has 0 saturated carbocycles. The van der Waals surface area contributed by atoms with Crippen LogP contribution in [0.4, 0.5) is 0 Å². The summed E-state index contributed by atoms with van der Waals surface area (Å²) in [4.78, 5) is 18.8. The van der Waals surface area contributed by atoms with Crippen molar-refractivity contribution in [2.45, 2.75) is 13.3 Å². The van der Waals surface area contributed by atoms with Crippen LogP contribution in [0.15, 0.2) is 47.8 Å². The van der Waals surface area contributed by atoms with Gasteiger partial charge in [-0.15, -0.1) is 22.7 Å². The van der Waals surface area contributed by atoms with Crippen molar-refractivity contribution in [3.8, 4) is 21.8 Å². The van der Waals surface area contributed by atoms with Crippen molar-refractivity contribution in [2.24, 2.45) is 0 Å². The predicted octanol–water partition coefficient (Wildman–Crippen LogP) is 4.73. The lowest BCUT2D eigenvalue weighted by molar-refractivity contribution is -0.136. The molecular weight excluding hydrogens is 340 g/mol. The van der Waals surface area contributed by atoms with Crippen LogP contribution in [0, 0.1) is 6.92 Å². The first-order chi connectivity index (χ1) is 11.6. The average molecular weight is 354 g/mol. The first-order valence-corrected chi connectivity index (χ1v) is 9.16. The van der Waals surface area contributed by atoms with E-state index in [-0.39, 0.29) is 6.42 Å². The van der Waals surface area contributed by atoms with E-state index < -0.39 is 5.97 Å². The highest BCUT2D eigenvalue weighted by atomic mass is 32.1. The fourth-order valence-electron chi connectivity index (χ4n) is 2.88. The summed E-state index contributed by atoms with van der Waals surface area (Å²) >= 11 is 3.12. The second-order valence-corrected chi connectivity index (χ2v) is 7.46. The number of hydrogen-bond donors (Lipinski definition) is 1. The van der Waals surface area contributed by atoms with Crippen molar-refractivity contribution < 1.29 is 9.90 Å². The summed E-state index contributed by atoms with van der Waals surface area (Å²) in [6.07, 6.45) is 0.00598. The Hall–Kier alpha value is -2.44. The molecule has 0 amide bonds. The Morgan fingerprint density at radius 2 is 2.00 bits per heavy atom. The number of aliphatic carboxylic acids is 1. The van der Waals surface area contributed by atoms with Crippen LogP contribution in [0.3, 0.4) is 0 Å². The Morgan fingerprint density at radius 3 is 2.67 bits per heavy atom. The van der Waals surface area contributed by atoms with E-state index in [2.05, 4.69) is 10.5 Å². The molecule has 0 aliphatic rings. The molecule has 0 aliphatic carbocycles. The third-order valence-electron chi connectivity index (χ3n) is 3.89. The van der Waals surface area contributed by atoms with Crippen LogP contribution in [0.2, 0.25) is 0 Å². The second kappa shape index (κ2) is 5.89. The van der Waals surface area contributed by atoms with Gasteiger partial charge in [-0.2, -0.15) is 0 Å². The Labute approximate surface area is 146 Å². The number of carboxylic acid groups (broad SMARTS) is 1. The zero-order chi connectivity index (χ0) is 16.7. The van der Waals surface area contributed by atoms with Gasteiger partial charge in [-0.1, -0.05) is 36.4 Å². The van der Waals surface area contributed by atoms with E-state index in [4.69, 9.17) is 4.98 Å². The maximum Gasteiger partial charge on any atom is 0.308 e. The SMILES string of the molecule is Cc1c(-c2cccs2)nc2sc(CC(=O)O)c(-c3ccccc3)n12. The molecule has 1 N–H and O–H groups in total. The number of aryl methyl sites for hydroxylation is 1. The van der Waals surface area contributed by atoms with Crippen molar-refractivity contribution in [1.82, 2.24) is 9.38 Å². The number of aromatic nitrogens is 2. The molecule has 0 fully saturated rings. The molecule has 3 heterocycles. The number of carbonyl (C=O) groups is 1. The molecule has 0 unspecified atom stereocenters. The van der Waals surface area contributed by atoms with Crippen LogP contribution < -0.4 is 0 Å². The zero-order valence-electron chi connectivity index (χ0n) is 12.9. The van der Waals surface area contributed by atoms with Crippen LogP contribution in [-0.4, -0.2) is 20.5 Å². The molecular formula is C18H14N2O2S2. The minimum Gasteiger partial charge on any atom is -0.481 e. The van der Waals surface area contributed by atoms with Gasteiger partial charge in [0.2, 0.25) is 0 Å². The maximum atomic E-state index is 11.3. The van der Waals surface area contributed by atoms with Gasteiger partial charge >= 0.3 is 5.97 Å². The van der Waals surface area contributed by atoms with Crippen molar-refractivity contribution >= 4 is 33.6 Å². The van der Waals surface area contributed by atoms with Gasteiger partial charge in [0.15, 0.2) is 4.96 Å². The first-order valence-electron chi connectivity index (χ1n) is 7.47. The minimum absolute atomic E-state index is 0.00598. The van der Waals surface area contributed by atoms with E-state index in [1.165, 1.54) is 11.3 Å². The molecule has 0 saturated heterocycles. The van der Waals surface area contributed by atoms with Crippen LogP contribution in [0.25, 0.3) is 26.8 Å². The number of thiophene rings is 1. The molecule has 24 heavy (non-hydrogen) atoms. The van der Waals surface area contributed by atoms with Crippen molar-refractivity contribution in [3.05, 3.63) is 58.4 Å². The molecule has 4 nitrogen and oxygen atoms in total. The maximum absolute atomic E-state index is 11.3. The highest BCUT2D eigenvalue weighted by Crippen LogP contribution is 2.37. The minimum atomic E-state index is -0.826. The smallest absolute Gasteiger partial charge is 0.308 e.